The zero-order valence-electron chi connectivity index (χ0n) is 23.5. The van der Waals surface area contributed by atoms with Gasteiger partial charge in [-0.15, -0.1) is 0 Å². The molecule has 8 heteroatoms. The molecule has 0 spiro atoms. The summed E-state index contributed by atoms with van der Waals surface area (Å²) in [6.07, 6.45) is 7.58. The molecule has 1 aromatic heterocycles. The van der Waals surface area contributed by atoms with Gasteiger partial charge in [-0.3, -0.25) is 9.59 Å². The second-order valence-corrected chi connectivity index (χ2v) is 11.2. The van der Waals surface area contributed by atoms with Crippen molar-refractivity contribution in [3.63, 3.8) is 0 Å². The zero-order chi connectivity index (χ0) is 28.2. The summed E-state index contributed by atoms with van der Waals surface area (Å²) in [5, 5.41) is 3.98. The van der Waals surface area contributed by atoms with Crippen molar-refractivity contribution in [3.05, 3.63) is 59.3 Å². The van der Waals surface area contributed by atoms with Crippen molar-refractivity contribution in [1.29, 1.82) is 0 Å². The minimum atomic E-state index is -0.589. The highest BCUT2D eigenvalue weighted by Crippen LogP contribution is 2.32. The van der Waals surface area contributed by atoms with Crippen LogP contribution in [0.5, 0.6) is 5.75 Å². The predicted molar refractivity (Wildman–Crippen MR) is 150 cm³/mol. The number of amides is 1. The molecule has 208 valence electrons. The number of nitrogens with zero attached hydrogens (tertiary/aromatic N) is 1. The first kappa shape index (κ1) is 28.2. The van der Waals surface area contributed by atoms with Crippen LogP contribution in [0, 0.1) is 5.92 Å². The van der Waals surface area contributed by atoms with Crippen molar-refractivity contribution < 1.29 is 28.6 Å². The first-order valence-electron chi connectivity index (χ1n) is 13.4. The van der Waals surface area contributed by atoms with Gasteiger partial charge < -0.3 is 24.1 Å². The van der Waals surface area contributed by atoms with Gasteiger partial charge in [0.1, 0.15) is 17.9 Å². The van der Waals surface area contributed by atoms with Crippen LogP contribution in [-0.4, -0.2) is 42.2 Å². The Kier molecular flexibility index (Phi) is 8.63. The molecule has 1 amide bonds. The minimum Gasteiger partial charge on any atom is -0.496 e. The van der Waals surface area contributed by atoms with E-state index in [1.165, 1.54) is 20.0 Å². The van der Waals surface area contributed by atoms with Crippen LogP contribution in [-0.2, 0) is 32.0 Å². The van der Waals surface area contributed by atoms with E-state index in [9.17, 15) is 14.4 Å². The molecule has 1 N–H and O–H groups in total. The van der Waals surface area contributed by atoms with Gasteiger partial charge in [-0.1, -0.05) is 18.9 Å². The van der Waals surface area contributed by atoms with E-state index in [1.54, 1.807) is 19.2 Å². The Morgan fingerprint density at radius 1 is 1.00 bits per heavy atom. The fourth-order valence-electron chi connectivity index (χ4n) is 5.26. The number of esters is 2. The average molecular weight is 535 g/mol. The van der Waals surface area contributed by atoms with Gasteiger partial charge in [0.25, 0.3) is 0 Å². The summed E-state index contributed by atoms with van der Waals surface area (Å²) in [5.41, 5.74) is 3.21. The molecule has 4 rings (SSSR count). The highest BCUT2D eigenvalue weighted by Gasteiger charge is 2.21. The van der Waals surface area contributed by atoms with Crippen LogP contribution in [0.4, 0.5) is 5.69 Å². The molecule has 2 aromatic carbocycles. The Labute approximate surface area is 229 Å². The molecular formula is C31H38N2O6. The number of rotatable bonds is 9. The Bertz CT molecular complexity index is 1360. The van der Waals surface area contributed by atoms with E-state index in [0.29, 0.717) is 30.1 Å². The lowest BCUT2D eigenvalue weighted by atomic mass is 10.0. The molecule has 3 aromatic rings. The predicted octanol–water partition coefficient (Wildman–Crippen LogP) is 5.89. The quantitative estimate of drug-likeness (QED) is 0.344. The maximum absolute atomic E-state index is 12.7. The first-order valence-corrected chi connectivity index (χ1v) is 13.4. The summed E-state index contributed by atoms with van der Waals surface area (Å²) >= 11 is 0. The van der Waals surface area contributed by atoms with Crippen molar-refractivity contribution in [3.8, 4) is 5.75 Å². The van der Waals surface area contributed by atoms with Crippen LogP contribution in [0.25, 0.3) is 10.9 Å². The third kappa shape index (κ3) is 7.19. The Balaban J connectivity index is 1.66. The normalized spacial score (nSPS) is 13.9. The number of nitrogens with one attached hydrogen (secondary N) is 1. The number of benzene rings is 2. The van der Waals surface area contributed by atoms with Crippen LogP contribution in [0.1, 0.15) is 74.4 Å². The van der Waals surface area contributed by atoms with E-state index in [-0.39, 0.29) is 18.4 Å². The SMILES string of the molecule is COC(=O)c1ccc(Cc2cn(CC(=O)OC(C)(C)C)c3ccc(NC(=O)CC4CCCC4)cc23)c(OC)c1. The number of anilines is 1. The number of methoxy groups -OCH3 is 2. The molecule has 1 heterocycles. The lowest BCUT2D eigenvalue weighted by Crippen LogP contribution is -2.26. The second-order valence-electron chi connectivity index (χ2n) is 11.2. The van der Waals surface area contributed by atoms with Crippen LogP contribution in [0.2, 0.25) is 0 Å². The van der Waals surface area contributed by atoms with Gasteiger partial charge in [0, 0.05) is 35.6 Å². The molecule has 39 heavy (non-hydrogen) atoms. The molecule has 1 saturated carbocycles. The van der Waals surface area contributed by atoms with Gasteiger partial charge in [-0.05, 0) is 81.0 Å². The highest BCUT2D eigenvalue weighted by atomic mass is 16.6. The molecule has 1 aliphatic rings. The van der Waals surface area contributed by atoms with Crippen LogP contribution in [0.15, 0.2) is 42.6 Å². The number of carbonyl (C=O) groups excluding carboxylic acids is 3. The van der Waals surface area contributed by atoms with Crippen molar-refractivity contribution in [2.24, 2.45) is 5.92 Å². The number of hydrogen-bond acceptors (Lipinski definition) is 6. The topological polar surface area (TPSA) is 95.9 Å². The van der Waals surface area contributed by atoms with Gasteiger partial charge in [-0.2, -0.15) is 0 Å². The number of carbonyl (C=O) groups is 3. The fraction of sp³-hybridized carbons (Fsp3) is 0.452. The van der Waals surface area contributed by atoms with Crippen LogP contribution in [0.3, 0.4) is 0 Å². The summed E-state index contributed by atoms with van der Waals surface area (Å²) in [4.78, 5) is 37.4. The summed E-state index contributed by atoms with van der Waals surface area (Å²) in [6, 6.07) is 11.0. The van der Waals surface area contributed by atoms with E-state index in [0.717, 1.165) is 40.6 Å². The number of ether oxygens (including phenoxy) is 3. The Hall–Kier alpha value is -3.81. The van der Waals surface area contributed by atoms with Crippen molar-refractivity contribution in [1.82, 2.24) is 4.57 Å². The molecule has 0 saturated heterocycles. The second kappa shape index (κ2) is 11.9. The first-order chi connectivity index (χ1) is 18.6. The maximum atomic E-state index is 12.7. The summed E-state index contributed by atoms with van der Waals surface area (Å²) < 4.78 is 17.9. The number of fused-ring (bicyclic) bond motifs is 1. The third-order valence-corrected chi connectivity index (χ3v) is 7.00. The van der Waals surface area contributed by atoms with Crippen molar-refractivity contribution in [2.75, 3.05) is 19.5 Å². The van der Waals surface area contributed by atoms with Crippen molar-refractivity contribution in [2.45, 2.75) is 71.4 Å². The van der Waals surface area contributed by atoms with E-state index in [2.05, 4.69) is 5.32 Å². The molecule has 8 nitrogen and oxygen atoms in total. The van der Waals surface area contributed by atoms with Crippen molar-refractivity contribution >= 4 is 34.4 Å². The van der Waals surface area contributed by atoms with Gasteiger partial charge >= 0.3 is 11.9 Å². The van der Waals surface area contributed by atoms with E-state index < -0.39 is 11.6 Å². The minimum absolute atomic E-state index is 0.0241. The summed E-state index contributed by atoms with van der Waals surface area (Å²) in [6.45, 7) is 5.58. The maximum Gasteiger partial charge on any atom is 0.337 e. The highest BCUT2D eigenvalue weighted by molar-refractivity contribution is 5.95. The largest absolute Gasteiger partial charge is 0.496 e. The van der Waals surface area contributed by atoms with Gasteiger partial charge in [0.2, 0.25) is 5.91 Å². The van der Waals surface area contributed by atoms with Gasteiger partial charge in [-0.25, -0.2) is 4.79 Å². The Morgan fingerprint density at radius 3 is 2.41 bits per heavy atom. The lowest BCUT2D eigenvalue weighted by Gasteiger charge is -2.19. The van der Waals surface area contributed by atoms with E-state index in [4.69, 9.17) is 14.2 Å². The summed E-state index contributed by atoms with van der Waals surface area (Å²) in [5.74, 6) is 0.273. The van der Waals surface area contributed by atoms with E-state index in [1.807, 2.05) is 55.8 Å². The molecule has 0 atom stereocenters. The zero-order valence-corrected chi connectivity index (χ0v) is 23.5. The molecule has 1 fully saturated rings. The lowest BCUT2D eigenvalue weighted by molar-refractivity contribution is -0.155. The average Bonchev–Trinajstić information content (AvgIpc) is 3.50. The molecule has 0 radical (unpaired) electrons. The number of hydrogen-bond donors (Lipinski definition) is 1. The molecule has 0 unspecified atom stereocenters. The Morgan fingerprint density at radius 2 is 1.74 bits per heavy atom. The number of aromatic nitrogens is 1. The molecule has 0 bridgehead atoms. The van der Waals surface area contributed by atoms with Gasteiger partial charge in [0.15, 0.2) is 0 Å². The summed E-state index contributed by atoms with van der Waals surface area (Å²) in [7, 11) is 2.90. The molecule has 1 aliphatic carbocycles. The van der Waals surface area contributed by atoms with Crippen LogP contribution >= 0.6 is 0 Å². The van der Waals surface area contributed by atoms with Crippen LogP contribution < -0.4 is 10.1 Å². The monoisotopic (exact) mass is 534 g/mol. The third-order valence-electron chi connectivity index (χ3n) is 7.00. The molecule has 0 aliphatic heterocycles. The van der Waals surface area contributed by atoms with Gasteiger partial charge in [0.05, 0.1) is 19.8 Å². The van der Waals surface area contributed by atoms with E-state index >= 15 is 0 Å². The standard InChI is InChI=1S/C31H38N2O6/c1-31(2,3)39-29(35)19-33-18-23(15-21-10-11-22(30(36)38-5)16-27(21)37-4)25-17-24(12-13-26(25)33)32-28(34)14-20-8-6-7-9-20/h10-13,16-18,20H,6-9,14-15,19H2,1-5H3,(H,32,34). The fourth-order valence-corrected chi connectivity index (χ4v) is 5.26. The molecular weight excluding hydrogens is 496 g/mol. The smallest absolute Gasteiger partial charge is 0.337 e.